The average molecular weight is 271 g/mol. The number of aromatic nitrogens is 2. The van der Waals surface area contributed by atoms with Crippen molar-refractivity contribution < 1.29 is 9.90 Å². The van der Waals surface area contributed by atoms with Gasteiger partial charge in [-0.05, 0) is 19.0 Å². The Morgan fingerprint density at radius 2 is 2.05 bits per heavy atom. The van der Waals surface area contributed by atoms with Crippen LogP contribution in [-0.2, 0) is 13.0 Å². The van der Waals surface area contributed by atoms with Crippen molar-refractivity contribution >= 4 is 5.97 Å². The number of rotatable bonds is 6. The van der Waals surface area contributed by atoms with Crippen LogP contribution in [0, 0.1) is 0 Å². The summed E-state index contributed by atoms with van der Waals surface area (Å²) in [5, 5.41) is 9.09. The van der Waals surface area contributed by atoms with Crippen molar-refractivity contribution in [1.82, 2.24) is 14.9 Å². The van der Waals surface area contributed by atoms with Gasteiger partial charge in [0.2, 0.25) is 0 Å². The highest BCUT2D eigenvalue weighted by atomic mass is 16.4. The Kier molecular flexibility index (Phi) is 4.79. The molecule has 1 N–H and O–H groups in total. The van der Waals surface area contributed by atoms with Crippen LogP contribution < -0.4 is 0 Å². The van der Waals surface area contributed by atoms with E-state index < -0.39 is 5.97 Å². The lowest BCUT2D eigenvalue weighted by atomic mass is 10.1. The lowest BCUT2D eigenvalue weighted by Crippen LogP contribution is -2.23. The molecule has 0 saturated carbocycles. The van der Waals surface area contributed by atoms with Gasteiger partial charge in [-0.25, -0.2) is 14.8 Å². The van der Waals surface area contributed by atoms with Crippen LogP contribution in [0.2, 0.25) is 0 Å². The fraction of sp³-hybridized carbons (Fsp3) is 0.267. The minimum atomic E-state index is -0.989. The molecule has 1 heterocycles. The SMILES string of the molecule is CN(CCc1ccccc1)Cc1ncncc1C(=O)O. The number of carboxylic acid groups (broad SMARTS) is 1. The molecule has 20 heavy (non-hydrogen) atoms. The first kappa shape index (κ1) is 14.1. The van der Waals surface area contributed by atoms with Crippen LogP contribution in [0.4, 0.5) is 0 Å². The highest BCUT2D eigenvalue weighted by Gasteiger charge is 2.12. The predicted octanol–water partition coefficient (Wildman–Crippen LogP) is 1.85. The maximum atomic E-state index is 11.1. The van der Waals surface area contributed by atoms with Crippen LogP contribution in [0.1, 0.15) is 21.6 Å². The average Bonchev–Trinajstić information content (AvgIpc) is 2.46. The van der Waals surface area contributed by atoms with Crippen molar-refractivity contribution in [3.63, 3.8) is 0 Å². The largest absolute Gasteiger partial charge is 0.478 e. The molecule has 0 aliphatic rings. The topological polar surface area (TPSA) is 66.3 Å². The van der Waals surface area contributed by atoms with Gasteiger partial charge in [-0.3, -0.25) is 0 Å². The molecule has 0 unspecified atom stereocenters. The molecule has 0 aliphatic carbocycles. The fourth-order valence-corrected chi connectivity index (χ4v) is 1.96. The van der Waals surface area contributed by atoms with E-state index in [4.69, 9.17) is 5.11 Å². The molecule has 0 radical (unpaired) electrons. The maximum Gasteiger partial charge on any atom is 0.339 e. The fourth-order valence-electron chi connectivity index (χ4n) is 1.96. The van der Waals surface area contributed by atoms with Crippen molar-refractivity contribution in [3.05, 3.63) is 59.7 Å². The van der Waals surface area contributed by atoms with Crippen molar-refractivity contribution in [3.8, 4) is 0 Å². The minimum Gasteiger partial charge on any atom is -0.478 e. The lowest BCUT2D eigenvalue weighted by Gasteiger charge is -2.16. The Hall–Kier alpha value is -2.27. The molecular weight excluding hydrogens is 254 g/mol. The van der Waals surface area contributed by atoms with Crippen LogP contribution in [0.3, 0.4) is 0 Å². The molecule has 104 valence electrons. The van der Waals surface area contributed by atoms with Gasteiger partial charge in [0, 0.05) is 19.3 Å². The van der Waals surface area contributed by atoms with Gasteiger partial charge in [0.25, 0.3) is 0 Å². The molecule has 2 aromatic rings. The van der Waals surface area contributed by atoms with E-state index in [2.05, 4.69) is 27.0 Å². The second-order valence-electron chi connectivity index (χ2n) is 4.66. The zero-order valence-corrected chi connectivity index (χ0v) is 11.4. The predicted molar refractivity (Wildman–Crippen MR) is 75.5 cm³/mol. The zero-order valence-electron chi connectivity index (χ0n) is 11.4. The third-order valence-corrected chi connectivity index (χ3v) is 3.07. The van der Waals surface area contributed by atoms with E-state index in [0.29, 0.717) is 12.2 Å². The number of likely N-dealkylation sites (N-methyl/N-ethyl adjacent to an activating group) is 1. The van der Waals surface area contributed by atoms with Crippen LogP contribution in [0.5, 0.6) is 0 Å². The van der Waals surface area contributed by atoms with Crippen LogP contribution >= 0.6 is 0 Å². The highest BCUT2D eigenvalue weighted by molar-refractivity contribution is 5.88. The summed E-state index contributed by atoms with van der Waals surface area (Å²) in [4.78, 5) is 21.0. The molecule has 0 aliphatic heterocycles. The van der Waals surface area contributed by atoms with Gasteiger partial charge in [-0.2, -0.15) is 0 Å². The van der Waals surface area contributed by atoms with E-state index >= 15 is 0 Å². The summed E-state index contributed by atoms with van der Waals surface area (Å²) in [6.07, 6.45) is 3.65. The molecule has 1 aromatic heterocycles. The van der Waals surface area contributed by atoms with E-state index in [9.17, 15) is 4.79 Å². The highest BCUT2D eigenvalue weighted by Crippen LogP contribution is 2.08. The molecule has 0 saturated heterocycles. The molecule has 5 heteroatoms. The number of aromatic carboxylic acids is 1. The summed E-state index contributed by atoms with van der Waals surface area (Å²) in [5.41, 5.74) is 1.97. The minimum absolute atomic E-state index is 0.166. The molecule has 0 amide bonds. The van der Waals surface area contributed by atoms with Gasteiger partial charge in [-0.1, -0.05) is 30.3 Å². The molecule has 0 atom stereocenters. The van der Waals surface area contributed by atoms with Crippen molar-refractivity contribution in [1.29, 1.82) is 0 Å². The molecule has 2 rings (SSSR count). The van der Waals surface area contributed by atoms with Crippen molar-refractivity contribution in [2.45, 2.75) is 13.0 Å². The number of benzene rings is 1. The zero-order chi connectivity index (χ0) is 14.4. The summed E-state index contributed by atoms with van der Waals surface area (Å²) in [6, 6.07) is 10.2. The number of hydrogen-bond donors (Lipinski definition) is 1. The Morgan fingerprint density at radius 3 is 2.75 bits per heavy atom. The molecule has 1 aromatic carbocycles. The Labute approximate surface area is 117 Å². The van der Waals surface area contributed by atoms with Gasteiger partial charge in [0.05, 0.1) is 5.69 Å². The van der Waals surface area contributed by atoms with E-state index in [1.54, 1.807) is 0 Å². The number of hydrogen-bond acceptors (Lipinski definition) is 4. The monoisotopic (exact) mass is 271 g/mol. The van der Waals surface area contributed by atoms with Crippen LogP contribution in [0.15, 0.2) is 42.9 Å². The van der Waals surface area contributed by atoms with E-state index in [1.807, 2.05) is 25.2 Å². The van der Waals surface area contributed by atoms with Gasteiger partial charge in [-0.15, -0.1) is 0 Å². The summed E-state index contributed by atoms with van der Waals surface area (Å²) in [7, 11) is 1.96. The molecule has 0 bridgehead atoms. The first-order valence-electron chi connectivity index (χ1n) is 6.41. The molecule has 0 spiro atoms. The van der Waals surface area contributed by atoms with Crippen LogP contribution in [0.25, 0.3) is 0 Å². The summed E-state index contributed by atoms with van der Waals surface area (Å²) in [5.74, 6) is -0.989. The van der Waals surface area contributed by atoms with Gasteiger partial charge in [0.1, 0.15) is 11.9 Å². The van der Waals surface area contributed by atoms with E-state index in [0.717, 1.165) is 13.0 Å². The van der Waals surface area contributed by atoms with Gasteiger partial charge >= 0.3 is 5.97 Å². The third-order valence-electron chi connectivity index (χ3n) is 3.07. The Morgan fingerprint density at radius 1 is 1.30 bits per heavy atom. The van der Waals surface area contributed by atoms with Gasteiger partial charge in [0.15, 0.2) is 0 Å². The standard InChI is InChI=1S/C15H17N3O2/c1-18(8-7-12-5-3-2-4-6-12)10-14-13(15(19)20)9-16-11-17-14/h2-6,9,11H,7-8,10H2,1H3,(H,19,20). The van der Waals surface area contributed by atoms with Crippen molar-refractivity contribution in [2.75, 3.05) is 13.6 Å². The number of nitrogens with zero attached hydrogens (tertiary/aromatic N) is 3. The summed E-state index contributed by atoms with van der Waals surface area (Å²) >= 11 is 0. The van der Waals surface area contributed by atoms with E-state index in [1.165, 1.54) is 18.1 Å². The number of carboxylic acids is 1. The smallest absolute Gasteiger partial charge is 0.339 e. The van der Waals surface area contributed by atoms with E-state index in [-0.39, 0.29) is 5.56 Å². The second-order valence-corrected chi connectivity index (χ2v) is 4.66. The molecule has 0 fully saturated rings. The quantitative estimate of drug-likeness (QED) is 0.868. The summed E-state index contributed by atoms with van der Waals surface area (Å²) < 4.78 is 0. The summed E-state index contributed by atoms with van der Waals surface area (Å²) in [6.45, 7) is 1.34. The third kappa shape index (κ3) is 3.86. The first-order valence-corrected chi connectivity index (χ1v) is 6.41. The Bertz CT molecular complexity index is 572. The lowest BCUT2D eigenvalue weighted by molar-refractivity contribution is 0.0693. The molecular formula is C15H17N3O2. The molecule has 5 nitrogen and oxygen atoms in total. The Balaban J connectivity index is 1.95. The first-order chi connectivity index (χ1) is 9.66. The van der Waals surface area contributed by atoms with Gasteiger partial charge < -0.3 is 10.0 Å². The number of carbonyl (C=O) groups is 1. The van der Waals surface area contributed by atoms with Crippen molar-refractivity contribution in [2.24, 2.45) is 0 Å². The normalized spacial score (nSPS) is 10.7. The maximum absolute atomic E-state index is 11.1. The second kappa shape index (κ2) is 6.77. The van der Waals surface area contributed by atoms with Crippen LogP contribution in [-0.4, -0.2) is 39.5 Å².